The molecule has 0 N–H and O–H groups in total. The second-order valence-corrected chi connectivity index (χ2v) is 2.87. The number of hydrogen-bond acceptors (Lipinski definition) is 1. The molecule has 1 rings (SSSR count). The second kappa shape index (κ2) is 2.65. The smallest absolute Gasteiger partial charge is 0.142 e. The molecule has 0 aromatic carbocycles. The van der Waals surface area contributed by atoms with E-state index in [2.05, 4.69) is 20.9 Å². The number of allylic oxidation sites excluding steroid dienone is 1. The van der Waals surface area contributed by atoms with Gasteiger partial charge in [-0.25, -0.2) is 0 Å². The van der Waals surface area contributed by atoms with Crippen LogP contribution in [0.15, 0.2) is 17.1 Å². The predicted molar refractivity (Wildman–Crippen MR) is 39.8 cm³/mol. The van der Waals surface area contributed by atoms with Crippen molar-refractivity contribution < 1.29 is 0 Å². The van der Waals surface area contributed by atoms with E-state index in [1.807, 2.05) is 12.2 Å². The SMILES string of the molecule is Cl[C@H]1C=CCC(Br)=N1. The third-order valence-electron chi connectivity index (χ3n) is 0.845. The lowest BCUT2D eigenvalue weighted by Crippen LogP contribution is -1.98. The molecule has 8 heavy (non-hydrogen) atoms. The first-order valence-electron chi connectivity index (χ1n) is 2.32. The van der Waals surface area contributed by atoms with Crippen molar-refractivity contribution in [1.29, 1.82) is 0 Å². The van der Waals surface area contributed by atoms with Gasteiger partial charge in [0.05, 0.1) is 4.62 Å². The average Bonchev–Trinajstić information content (AvgIpc) is 1.64. The average molecular weight is 194 g/mol. The first-order valence-corrected chi connectivity index (χ1v) is 3.55. The predicted octanol–water partition coefficient (Wildman–Crippen LogP) is 2.30. The van der Waals surface area contributed by atoms with Crippen LogP contribution in [-0.4, -0.2) is 10.1 Å². The van der Waals surface area contributed by atoms with Gasteiger partial charge in [0.1, 0.15) is 5.50 Å². The summed E-state index contributed by atoms with van der Waals surface area (Å²) in [7, 11) is 0. The summed E-state index contributed by atoms with van der Waals surface area (Å²) in [6.45, 7) is 0. The summed E-state index contributed by atoms with van der Waals surface area (Å²) in [5, 5.41) is 0. The molecular weight excluding hydrogens is 189 g/mol. The zero-order valence-corrected chi connectivity index (χ0v) is 6.48. The molecule has 0 fully saturated rings. The largest absolute Gasteiger partial charge is 0.258 e. The third kappa shape index (κ3) is 1.60. The Labute approximate surface area is 61.6 Å². The molecular formula is C5H5BrClN. The fourth-order valence-corrected chi connectivity index (χ4v) is 1.25. The van der Waals surface area contributed by atoms with Gasteiger partial charge in [-0.05, 0) is 22.0 Å². The van der Waals surface area contributed by atoms with Gasteiger partial charge in [0, 0.05) is 6.42 Å². The van der Waals surface area contributed by atoms with Gasteiger partial charge in [-0.1, -0.05) is 17.7 Å². The molecule has 0 saturated carbocycles. The van der Waals surface area contributed by atoms with Crippen LogP contribution in [0.5, 0.6) is 0 Å². The van der Waals surface area contributed by atoms with Crippen LogP contribution >= 0.6 is 27.5 Å². The molecule has 0 amide bonds. The molecule has 0 aliphatic carbocycles. The highest BCUT2D eigenvalue weighted by Crippen LogP contribution is 2.11. The summed E-state index contributed by atoms with van der Waals surface area (Å²) in [6.07, 6.45) is 4.74. The van der Waals surface area contributed by atoms with Crippen LogP contribution in [0.25, 0.3) is 0 Å². The summed E-state index contributed by atoms with van der Waals surface area (Å²) >= 11 is 8.85. The van der Waals surface area contributed by atoms with Gasteiger partial charge in [0.25, 0.3) is 0 Å². The highest BCUT2D eigenvalue weighted by Gasteiger charge is 2.01. The van der Waals surface area contributed by atoms with Crippen molar-refractivity contribution in [2.75, 3.05) is 0 Å². The molecule has 44 valence electrons. The lowest BCUT2D eigenvalue weighted by molar-refractivity contribution is 1.10. The van der Waals surface area contributed by atoms with E-state index in [9.17, 15) is 0 Å². The Kier molecular flexibility index (Phi) is 2.08. The van der Waals surface area contributed by atoms with E-state index in [0.717, 1.165) is 11.0 Å². The Hall–Kier alpha value is 0.180. The van der Waals surface area contributed by atoms with Gasteiger partial charge in [0.15, 0.2) is 0 Å². The van der Waals surface area contributed by atoms with E-state index >= 15 is 0 Å². The van der Waals surface area contributed by atoms with E-state index in [0.29, 0.717) is 0 Å². The first-order chi connectivity index (χ1) is 3.79. The van der Waals surface area contributed by atoms with Crippen LogP contribution in [0.4, 0.5) is 0 Å². The molecule has 0 spiro atoms. The summed E-state index contributed by atoms with van der Waals surface area (Å²) in [5.74, 6) is 0. The Balaban J connectivity index is 2.60. The van der Waals surface area contributed by atoms with Crippen LogP contribution in [0.3, 0.4) is 0 Å². The minimum absolute atomic E-state index is 0.155. The maximum Gasteiger partial charge on any atom is 0.142 e. The van der Waals surface area contributed by atoms with E-state index in [1.165, 1.54) is 0 Å². The highest BCUT2D eigenvalue weighted by molar-refractivity contribution is 9.18. The minimum atomic E-state index is -0.155. The van der Waals surface area contributed by atoms with Gasteiger partial charge in [-0.3, -0.25) is 4.99 Å². The van der Waals surface area contributed by atoms with Crippen molar-refractivity contribution in [2.45, 2.75) is 11.9 Å². The summed E-state index contributed by atoms with van der Waals surface area (Å²) < 4.78 is 0.931. The number of hydrogen-bond donors (Lipinski definition) is 0. The maximum atomic E-state index is 5.61. The van der Waals surface area contributed by atoms with Gasteiger partial charge in [-0.15, -0.1) is 0 Å². The fourth-order valence-electron chi connectivity index (χ4n) is 0.507. The van der Waals surface area contributed by atoms with Crippen molar-refractivity contribution in [3.05, 3.63) is 12.2 Å². The molecule has 1 aliphatic rings. The zero-order chi connectivity index (χ0) is 5.98. The summed E-state index contributed by atoms with van der Waals surface area (Å²) in [5.41, 5.74) is -0.155. The third-order valence-corrected chi connectivity index (χ3v) is 1.62. The molecule has 1 atom stereocenters. The van der Waals surface area contributed by atoms with Gasteiger partial charge in [0.2, 0.25) is 0 Å². The minimum Gasteiger partial charge on any atom is -0.258 e. The van der Waals surface area contributed by atoms with Crippen LogP contribution in [0.1, 0.15) is 6.42 Å². The molecule has 0 aromatic heterocycles. The molecule has 0 saturated heterocycles. The van der Waals surface area contributed by atoms with E-state index < -0.39 is 0 Å². The number of alkyl halides is 1. The Bertz CT molecular complexity index is 141. The lowest BCUT2D eigenvalue weighted by atomic mass is 10.3. The molecule has 1 aliphatic heterocycles. The van der Waals surface area contributed by atoms with Gasteiger partial charge >= 0.3 is 0 Å². The Morgan fingerprint density at radius 1 is 1.88 bits per heavy atom. The monoisotopic (exact) mass is 193 g/mol. The van der Waals surface area contributed by atoms with Crippen molar-refractivity contribution >= 4 is 32.2 Å². The zero-order valence-electron chi connectivity index (χ0n) is 4.14. The topological polar surface area (TPSA) is 12.4 Å². The lowest BCUT2D eigenvalue weighted by Gasteiger charge is -2.02. The van der Waals surface area contributed by atoms with Gasteiger partial charge < -0.3 is 0 Å². The first kappa shape index (κ1) is 6.30. The summed E-state index contributed by atoms with van der Waals surface area (Å²) in [4.78, 5) is 3.99. The van der Waals surface area contributed by atoms with Crippen molar-refractivity contribution in [2.24, 2.45) is 4.99 Å². The van der Waals surface area contributed by atoms with E-state index in [4.69, 9.17) is 11.6 Å². The maximum absolute atomic E-state index is 5.61. The molecule has 0 unspecified atom stereocenters. The highest BCUT2D eigenvalue weighted by atomic mass is 79.9. The van der Waals surface area contributed by atoms with Crippen molar-refractivity contribution in [3.8, 4) is 0 Å². The van der Waals surface area contributed by atoms with Crippen molar-refractivity contribution in [3.63, 3.8) is 0 Å². The number of nitrogens with zero attached hydrogens (tertiary/aromatic N) is 1. The van der Waals surface area contributed by atoms with E-state index in [-0.39, 0.29) is 5.50 Å². The van der Waals surface area contributed by atoms with Gasteiger partial charge in [-0.2, -0.15) is 0 Å². The molecule has 1 nitrogen and oxygen atoms in total. The van der Waals surface area contributed by atoms with Crippen molar-refractivity contribution in [1.82, 2.24) is 0 Å². The van der Waals surface area contributed by atoms with Crippen LogP contribution in [0, 0.1) is 0 Å². The number of dihydropyridines is 1. The van der Waals surface area contributed by atoms with E-state index in [1.54, 1.807) is 0 Å². The van der Waals surface area contributed by atoms with Crippen LogP contribution < -0.4 is 0 Å². The Morgan fingerprint density at radius 2 is 2.62 bits per heavy atom. The number of rotatable bonds is 0. The van der Waals surface area contributed by atoms with Crippen LogP contribution in [-0.2, 0) is 0 Å². The molecule has 0 radical (unpaired) electrons. The van der Waals surface area contributed by atoms with Crippen LogP contribution in [0.2, 0.25) is 0 Å². The standard InChI is InChI=1S/C5H5BrClN/c6-4-2-1-3-5(7)8-4/h1,3,5H,2H2/t5-/m1/s1. The number of aliphatic imine (C=N–C) groups is 1. The summed E-state index contributed by atoms with van der Waals surface area (Å²) in [6, 6.07) is 0. The Morgan fingerprint density at radius 3 is 3.00 bits per heavy atom. The quantitative estimate of drug-likeness (QED) is 0.319. The molecule has 0 bridgehead atoms. The molecule has 1 heterocycles. The number of halogens is 2. The normalized spacial score (nSPS) is 27.8. The second-order valence-electron chi connectivity index (χ2n) is 1.51. The fraction of sp³-hybridized carbons (Fsp3) is 0.400. The molecule has 0 aromatic rings. The molecule has 3 heteroatoms.